The summed E-state index contributed by atoms with van der Waals surface area (Å²) in [6.07, 6.45) is 9.47. The summed E-state index contributed by atoms with van der Waals surface area (Å²) < 4.78 is 0. The molecule has 0 aliphatic carbocycles. The Morgan fingerprint density at radius 2 is 1.95 bits per heavy atom. The van der Waals surface area contributed by atoms with Crippen LogP contribution >= 0.6 is 0 Å². The van der Waals surface area contributed by atoms with Crippen molar-refractivity contribution < 1.29 is 0 Å². The van der Waals surface area contributed by atoms with Crippen molar-refractivity contribution in [2.75, 3.05) is 33.2 Å². The fourth-order valence-electron chi connectivity index (χ4n) is 3.94. The number of fused-ring (bicyclic) bond motifs is 2. The molecule has 0 radical (unpaired) electrons. The highest BCUT2D eigenvalue weighted by Crippen LogP contribution is 2.28. The van der Waals surface area contributed by atoms with Crippen LogP contribution in [0.15, 0.2) is 0 Å². The van der Waals surface area contributed by atoms with Gasteiger partial charge < -0.3 is 10.2 Å². The molecule has 20 heavy (non-hydrogen) atoms. The zero-order valence-electron chi connectivity index (χ0n) is 13.9. The molecule has 2 rings (SSSR count). The van der Waals surface area contributed by atoms with Crippen molar-refractivity contribution in [1.82, 2.24) is 15.1 Å². The van der Waals surface area contributed by atoms with E-state index in [2.05, 4.69) is 36.0 Å². The summed E-state index contributed by atoms with van der Waals surface area (Å²) in [4.78, 5) is 5.38. The highest BCUT2D eigenvalue weighted by molar-refractivity contribution is 4.90. The van der Waals surface area contributed by atoms with Crippen LogP contribution < -0.4 is 5.32 Å². The van der Waals surface area contributed by atoms with E-state index in [9.17, 15) is 0 Å². The SMILES string of the molecule is CCCNC(CC)CCCN1CCC2CCC(C1)N2C. The van der Waals surface area contributed by atoms with Gasteiger partial charge in [0, 0.05) is 24.7 Å². The van der Waals surface area contributed by atoms with Crippen LogP contribution in [0.1, 0.15) is 58.8 Å². The Balaban J connectivity index is 1.66. The standard InChI is InChI=1S/C17H35N3/c1-4-11-18-15(5-2)7-6-12-20-13-10-16-8-9-17(14-20)19(16)3/h15-18H,4-14H2,1-3H3. The molecule has 2 aliphatic rings. The van der Waals surface area contributed by atoms with E-state index in [4.69, 9.17) is 0 Å². The van der Waals surface area contributed by atoms with Crippen LogP contribution in [0.5, 0.6) is 0 Å². The van der Waals surface area contributed by atoms with Crippen molar-refractivity contribution in [3.63, 3.8) is 0 Å². The van der Waals surface area contributed by atoms with Gasteiger partial charge in [0.2, 0.25) is 0 Å². The predicted molar refractivity (Wildman–Crippen MR) is 87.2 cm³/mol. The van der Waals surface area contributed by atoms with Gasteiger partial charge in [0.25, 0.3) is 0 Å². The number of hydrogen-bond acceptors (Lipinski definition) is 3. The summed E-state index contributed by atoms with van der Waals surface area (Å²) >= 11 is 0. The Hall–Kier alpha value is -0.120. The lowest BCUT2D eigenvalue weighted by Crippen LogP contribution is -2.37. The van der Waals surface area contributed by atoms with Crippen molar-refractivity contribution in [2.45, 2.75) is 76.9 Å². The molecule has 0 aromatic rings. The van der Waals surface area contributed by atoms with Gasteiger partial charge in [-0.25, -0.2) is 0 Å². The maximum atomic E-state index is 3.68. The van der Waals surface area contributed by atoms with Gasteiger partial charge in [-0.3, -0.25) is 4.90 Å². The van der Waals surface area contributed by atoms with Gasteiger partial charge in [-0.05, 0) is 71.6 Å². The highest BCUT2D eigenvalue weighted by Gasteiger charge is 2.34. The average molecular weight is 281 g/mol. The van der Waals surface area contributed by atoms with Crippen molar-refractivity contribution >= 4 is 0 Å². The van der Waals surface area contributed by atoms with Crippen molar-refractivity contribution in [3.05, 3.63) is 0 Å². The quantitative estimate of drug-likeness (QED) is 0.738. The maximum absolute atomic E-state index is 3.68. The van der Waals surface area contributed by atoms with E-state index < -0.39 is 0 Å². The van der Waals surface area contributed by atoms with Gasteiger partial charge >= 0.3 is 0 Å². The van der Waals surface area contributed by atoms with E-state index >= 15 is 0 Å². The van der Waals surface area contributed by atoms with Crippen LogP contribution in [0.4, 0.5) is 0 Å². The van der Waals surface area contributed by atoms with E-state index in [-0.39, 0.29) is 0 Å². The molecule has 0 amide bonds. The Labute approximate surface area is 126 Å². The Morgan fingerprint density at radius 1 is 1.15 bits per heavy atom. The molecule has 3 heteroatoms. The smallest absolute Gasteiger partial charge is 0.0223 e. The molecule has 2 heterocycles. The molecule has 0 aromatic carbocycles. The molecule has 0 saturated carbocycles. The van der Waals surface area contributed by atoms with Crippen LogP contribution in [0.25, 0.3) is 0 Å². The minimum atomic E-state index is 0.737. The number of rotatable bonds is 8. The van der Waals surface area contributed by atoms with Crippen LogP contribution in [0.2, 0.25) is 0 Å². The Morgan fingerprint density at radius 3 is 2.70 bits per heavy atom. The number of nitrogens with one attached hydrogen (secondary N) is 1. The molecule has 3 unspecified atom stereocenters. The molecule has 3 nitrogen and oxygen atoms in total. The fraction of sp³-hybridized carbons (Fsp3) is 1.00. The van der Waals surface area contributed by atoms with Gasteiger partial charge in [0.15, 0.2) is 0 Å². The third-order valence-corrected chi connectivity index (χ3v) is 5.44. The summed E-state index contributed by atoms with van der Waals surface area (Å²) in [5.41, 5.74) is 0. The number of hydrogen-bond donors (Lipinski definition) is 1. The maximum Gasteiger partial charge on any atom is 0.0223 e. The normalized spacial score (nSPS) is 29.6. The van der Waals surface area contributed by atoms with Crippen molar-refractivity contribution in [2.24, 2.45) is 0 Å². The van der Waals surface area contributed by atoms with Crippen LogP contribution in [-0.4, -0.2) is 61.2 Å². The first kappa shape index (κ1) is 16.3. The first-order valence-electron chi connectivity index (χ1n) is 8.92. The van der Waals surface area contributed by atoms with E-state index in [1.165, 1.54) is 71.1 Å². The monoisotopic (exact) mass is 281 g/mol. The second-order valence-electron chi connectivity index (χ2n) is 6.84. The molecule has 1 N–H and O–H groups in total. The summed E-state index contributed by atoms with van der Waals surface area (Å²) in [7, 11) is 2.34. The molecule has 0 aromatic heterocycles. The first-order valence-corrected chi connectivity index (χ1v) is 8.92. The third-order valence-electron chi connectivity index (χ3n) is 5.44. The molecule has 2 fully saturated rings. The van der Waals surface area contributed by atoms with Crippen LogP contribution in [0.3, 0.4) is 0 Å². The number of nitrogens with zero attached hydrogens (tertiary/aromatic N) is 2. The third kappa shape index (κ3) is 4.44. The van der Waals surface area contributed by atoms with Gasteiger partial charge in [-0.2, -0.15) is 0 Å². The summed E-state index contributed by atoms with van der Waals surface area (Å²) in [6, 6.07) is 2.45. The van der Waals surface area contributed by atoms with E-state index in [1.807, 2.05) is 0 Å². The molecule has 118 valence electrons. The summed E-state index contributed by atoms with van der Waals surface area (Å²) in [6.45, 7) is 9.69. The second-order valence-corrected chi connectivity index (χ2v) is 6.84. The molecule has 3 atom stereocenters. The predicted octanol–water partition coefficient (Wildman–Crippen LogP) is 2.71. The van der Waals surface area contributed by atoms with E-state index in [0.29, 0.717) is 0 Å². The molecule has 2 aliphatic heterocycles. The van der Waals surface area contributed by atoms with Crippen LogP contribution in [0, 0.1) is 0 Å². The topological polar surface area (TPSA) is 18.5 Å². The Bertz CT molecular complexity index is 269. The number of likely N-dealkylation sites (tertiary alicyclic amines) is 1. The van der Waals surface area contributed by atoms with E-state index in [0.717, 1.165) is 18.1 Å². The van der Waals surface area contributed by atoms with Gasteiger partial charge in [0.05, 0.1) is 0 Å². The zero-order chi connectivity index (χ0) is 14.4. The Kier molecular flexibility index (Phi) is 6.79. The first-order chi connectivity index (χ1) is 9.74. The minimum Gasteiger partial charge on any atom is -0.314 e. The average Bonchev–Trinajstić information content (AvgIpc) is 2.70. The largest absolute Gasteiger partial charge is 0.314 e. The zero-order valence-corrected chi connectivity index (χ0v) is 13.9. The highest BCUT2D eigenvalue weighted by atomic mass is 15.3. The van der Waals surface area contributed by atoms with Crippen LogP contribution in [-0.2, 0) is 0 Å². The van der Waals surface area contributed by atoms with E-state index in [1.54, 1.807) is 0 Å². The lowest BCUT2D eigenvalue weighted by molar-refractivity contribution is 0.215. The minimum absolute atomic E-state index is 0.737. The molecular weight excluding hydrogens is 246 g/mol. The van der Waals surface area contributed by atoms with Gasteiger partial charge in [-0.15, -0.1) is 0 Å². The summed E-state index contributed by atoms with van der Waals surface area (Å²) in [5.74, 6) is 0. The van der Waals surface area contributed by atoms with Crippen molar-refractivity contribution in [1.29, 1.82) is 0 Å². The lowest BCUT2D eigenvalue weighted by Gasteiger charge is -2.26. The lowest BCUT2D eigenvalue weighted by atomic mass is 10.1. The van der Waals surface area contributed by atoms with Crippen molar-refractivity contribution in [3.8, 4) is 0 Å². The molecule has 2 saturated heterocycles. The summed E-state index contributed by atoms with van der Waals surface area (Å²) in [5, 5.41) is 3.68. The fourth-order valence-corrected chi connectivity index (χ4v) is 3.94. The number of likely N-dealkylation sites (N-methyl/N-ethyl adjacent to an activating group) is 1. The molecule has 0 spiro atoms. The molecular formula is C17H35N3. The molecule has 2 bridgehead atoms. The van der Waals surface area contributed by atoms with Gasteiger partial charge in [-0.1, -0.05) is 13.8 Å². The van der Waals surface area contributed by atoms with Gasteiger partial charge in [0.1, 0.15) is 0 Å². The second kappa shape index (κ2) is 8.35.